The van der Waals surface area contributed by atoms with Crippen molar-refractivity contribution in [2.75, 3.05) is 0 Å². The summed E-state index contributed by atoms with van der Waals surface area (Å²) in [5.74, 6) is -0.254. The second-order valence-corrected chi connectivity index (χ2v) is 5.89. The van der Waals surface area contributed by atoms with Gasteiger partial charge in [0.05, 0.1) is 10.5 Å². The first-order valence-corrected chi connectivity index (χ1v) is 6.92. The lowest BCUT2D eigenvalue weighted by Crippen LogP contribution is -2.01. The molecular weight excluding hydrogens is 250 g/mol. The van der Waals surface area contributed by atoms with Gasteiger partial charge < -0.3 is 0 Å². The minimum Gasteiger partial charge on any atom is -0.294 e. The first kappa shape index (κ1) is 13.1. The Morgan fingerprint density at radius 2 is 2.06 bits per heavy atom. The van der Waals surface area contributed by atoms with E-state index in [-0.39, 0.29) is 17.0 Å². The molecule has 96 valence electrons. The smallest absolute Gasteiger partial charge is 0.280 e. The normalized spacial score (nSPS) is 15.8. The van der Waals surface area contributed by atoms with Crippen molar-refractivity contribution in [3.63, 3.8) is 0 Å². The van der Waals surface area contributed by atoms with E-state index in [1.54, 1.807) is 23.9 Å². The molecule has 0 bridgehead atoms. The second-order valence-electron chi connectivity index (χ2n) is 4.52. The summed E-state index contributed by atoms with van der Waals surface area (Å²) in [5, 5.41) is 11.4. The number of nitro groups is 1. The molecule has 0 heterocycles. The minimum absolute atomic E-state index is 0.0988. The highest BCUT2D eigenvalue weighted by Gasteiger charge is 2.20. The van der Waals surface area contributed by atoms with E-state index < -0.39 is 4.92 Å². The first-order chi connectivity index (χ1) is 8.58. The molecule has 0 spiro atoms. The van der Waals surface area contributed by atoms with Crippen LogP contribution in [-0.4, -0.2) is 16.0 Å². The van der Waals surface area contributed by atoms with Crippen molar-refractivity contribution in [3.8, 4) is 0 Å². The summed E-state index contributed by atoms with van der Waals surface area (Å²) in [4.78, 5) is 22.7. The molecule has 0 aromatic heterocycles. The molecule has 1 aliphatic carbocycles. The molecular formula is C13H15NO3S. The van der Waals surface area contributed by atoms with Crippen LogP contribution in [-0.2, 0) is 0 Å². The number of hydrogen-bond acceptors (Lipinski definition) is 4. The number of carbonyl (C=O) groups is 1. The van der Waals surface area contributed by atoms with E-state index in [1.165, 1.54) is 38.7 Å². The number of nitro benzene ring substituents is 1. The molecule has 1 saturated carbocycles. The molecule has 0 atom stereocenters. The van der Waals surface area contributed by atoms with E-state index in [4.69, 9.17) is 0 Å². The van der Waals surface area contributed by atoms with Crippen LogP contribution in [0.3, 0.4) is 0 Å². The molecule has 0 amide bonds. The van der Waals surface area contributed by atoms with Gasteiger partial charge in [-0.25, -0.2) is 0 Å². The fourth-order valence-corrected chi connectivity index (χ4v) is 3.51. The Labute approximate surface area is 110 Å². The monoisotopic (exact) mass is 265 g/mol. The second kappa shape index (κ2) is 5.52. The quantitative estimate of drug-likeness (QED) is 0.471. The standard InChI is InChI=1S/C13H15NO3S/c1-9(15)12-8-11(6-7-13(12)14(16)17)18-10-4-2-3-5-10/h6-8,10H,2-5H2,1H3. The third-order valence-electron chi connectivity index (χ3n) is 3.15. The first-order valence-electron chi connectivity index (χ1n) is 6.04. The van der Waals surface area contributed by atoms with Crippen LogP contribution in [0.2, 0.25) is 0 Å². The van der Waals surface area contributed by atoms with Crippen molar-refractivity contribution in [2.45, 2.75) is 42.8 Å². The van der Waals surface area contributed by atoms with E-state index >= 15 is 0 Å². The van der Waals surface area contributed by atoms with Gasteiger partial charge in [0.25, 0.3) is 5.69 Å². The fraction of sp³-hybridized carbons (Fsp3) is 0.462. The summed E-state index contributed by atoms with van der Waals surface area (Å²) >= 11 is 1.73. The van der Waals surface area contributed by atoms with Gasteiger partial charge in [0.1, 0.15) is 0 Å². The van der Waals surface area contributed by atoms with Gasteiger partial charge in [-0.3, -0.25) is 14.9 Å². The molecule has 4 nitrogen and oxygen atoms in total. The third-order valence-corrected chi connectivity index (χ3v) is 4.48. The number of Topliss-reactive ketones (excluding diaryl/α,β-unsaturated/α-hetero) is 1. The fourth-order valence-electron chi connectivity index (χ4n) is 2.23. The molecule has 0 unspecified atom stereocenters. The Hall–Kier alpha value is -1.36. The maximum atomic E-state index is 11.4. The largest absolute Gasteiger partial charge is 0.294 e. The summed E-state index contributed by atoms with van der Waals surface area (Å²) in [6.07, 6.45) is 4.89. The van der Waals surface area contributed by atoms with E-state index in [1.807, 2.05) is 0 Å². The van der Waals surface area contributed by atoms with Gasteiger partial charge in [-0.05, 0) is 31.9 Å². The van der Waals surface area contributed by atoms with Gasteiger partial charge >= 0.3 is 0 Å². The summed E-state index contributed by atoms with van der Waals surface area (Å²) in [5.41, 5.74) is 0.112. The molecule has 1 fully saturated rings. The topological polar surface area (TPSA) is 60.2 Å². The minimum atomic E-state index is -0.499. The van der Waals surface area contributed by atoms with Gasteiger partial charge in [-0.15, -0.1) is 11.8 Å². The summed E-state index contributed by atoms with van der Waals surface area (Å²) in [6.45, 7) is 1.37. The Morgan fingerprint density at radius 1 is 1.39 bits per heavy atom. The molecule has 0 saturated heterocycles. The van der Waals surface area contributed by atoms with Gasteiger partial charge in [0.2, 0.25) is 0 Å². The molecule has 0 N–H and O–H groups in total. The number of carbonyl (C=O) groups excluding carboxylic acids is 1. The van der Waals surface area contributed by atoms with Crippen molar-refractivity contribution in [1.82, 2.24) is 0 Å². The van der Waals surface area contributed by atoms with Gasteiger partial charge in [0.15, 0.2) is 5.78 Å². The molecule has 1 aromatic carbocycles. The van der Waals surface area contributed by atoms with Crippen LogP contribution in [0.15, 0.2) is 23.1 Å². The molecule has 2 rings (SSSR count). The summed E-state index contributed by atoms with van der Waals surface area (Å²) in [7, 11) is 0. The molecule has 5 heteroatoms. The van der Waals surface area contributed by atoms with Gasteiger partial charge in [0, 0.05) is 16.2 Å². The highest BCUT2D eigenvalue weighted by Crippen LogP contribution is 2.36. The zero-order valence-electron chi connectivity index (χ0n) is 10.2. The highest BCUT2D eigenvalue weighted by molar-refractivity contribution is 8.00. The van der Waals surface area contributed by atoms with Crippen molar-refractivity contribution in [2.24, 2.45) is 0 Å². The predicted octanol–water partition coefficient (Wildman–Crippen LogP) is 3.83. The number of benzene rings is 1. The van der Waals surface area contributed by atoms with Crippen LogP contribution in [0, 0.1) is 10.1 Å². The van der Waals surface area contributed by atoms with Crippen LogP contribution in [0.1, 0.15) is 43.0 Å². The molecule has 1 aromatic rings. The zero-order chi connectivity index (χ0) is 13.1. The van der Waals surface area contributed by atoms with Crippen LogP contribution >= 0.6 is 11.8 Å². The molecule has 0 radical (unpaired) electrons. The van der Waals surface area contributed by atoms with Crippen molar-refractivity contribution >= 4 is 23.2 Å². The molecule has 1 aliphatic rings. The Kier molecular flexibility index (Phi) is 4.01. The Bertz CT molecular complexity index is 481. The number of nitrogens with zero attached hydrogens (tertiary/aromatic N) is 1. The maximum absolute atomic E-state index is 11.4. The van der Waals surface area contributed by atoms with E-state index in [9.17, 15) is 14.9 Å². The highest BCUT2D eigenvalue weighted by atomic mass is 32.2. The van der Waals surface area contributed by atoms with Crippen LogP contribution in [0.4, 0.5) is 5.69 Å². The zero-order valence-corrected chi connectivity index (χ0v) is 11.0. The lowest BCUT2D eigenvalue weighted by molar-refractivity contribution is -0.385. The molecule has 18 heavy (non-hydrogen) atoms. The van der Waals surface area contributed by atoms with E-state index in [0.717, 1.165) is 4.90 Å². The molecule has 0 aliphatic heterocycles. The SMILES string of the molecule is CC(=O)c1cc(SC2CCCC2)ccc1[N+](=O)[O-]. The number of rotatable bonds is 4. The third kappa shape index (κ3) is 2.90. The number of thioether (sulfide) groups is 1. The average Bonchev–Trinajstić information content (AvgIpc) is 2.81. The summed E-state index contributed by atoms with van der Waals surface area (Å²) in [6, 6.07) is 4.84. The average molecular weight is 265 g/mol. The lowest BCUT2D eigenvalue weighted by Gasteiger charge is -2.09. The predicted molar refractivity (Wildman–Crippen MR) is 71.2 cm³/mol. The van der Waals surface area contributed by atoms with Crippen LogP contribution < -0.4 is 0 Å². The Balaban J connectivity index is 2.24. The van der Waals surface area contributed by atoms with Crippen LogP contribution in [0.5, 0.6) is 0 Å². The van der Waals surface area contributed by atoms with Gasteiger partial charge in [-0.2, -0.15) is 0 Å². The Morgan fingerprint density at radius 3 is 2.61 bits per heavy atom. The number of ketones is 1. The van der Waals surface area contributed by atoms with Crippen LogP contribution in [0.25, 0.3) is 0 Å². The van der Waals surface area contributed by atoms with Crippen molar-refractivity contribution in [1.29, 1.82) is 0 Å². The lowest BCUT2D eigenvalue weighted by atomic mass is 10.1. The summed E-state index contributed by atoms with van der Waals surface area (Å²) < 4.78 is 0. The maximum Gasteiger partial charge on any atom is 0.280 e. The van der Waals surface area contributed by atoms with E-state index in [2.05, 4.69) is 0 Å². The number of hydrogen-bond donors (Lipinski definition) is 0. The van der Waals surface area contributed by atoms with E-state index in [0.29, 0.717) is 5.25 Å². The van der Waals surface area contributed by atoms with Crippen molar-refractivity contribution in [3.05, 3.63) is 33.9 Å². The van der Waals surface area contributed by atoms with Crippen molar-refractivity contribution < 1.29 is 9.72 Å². The van der Waals surface area contributed by atoms with Gasteiger partial charge in [-0.1, -0.05) is 12.8 Å².